The molecule has 1 amide bonds. The second-order valence-electron chi connectivity index (χ2n) is 6.93. The standard InChI is InChI=1S/C23H24ClN3O4S/c1-2-31-22-12-11-19(15-20(22)24)32(29,30)27-21(14-17-8-4-3-5-9-17)23(28)26-16-18-10-6-7-13-25-18/h3-13,15,21,27H,2,14,16H2,1H3,(H,26,28)/t21-/m1/s1. The Morgan fingerprint density at radius 1 is 1.09 bits per heavy atom. The van der Waals surface area contributed by atoms with Crippen LogP contribution in [0.2, 0.25) is 5.02 Å². The Morgan fingerprint density at radius 2 is 1.84 bits per heavy atom. The summed E-state index contributed by atoms with van der Waals surface area (Å²) in [6, 6.07) is 17.7. The van der Waals surface area contributed by atoms with Crippen LogP contribution in [0.15, 0.2) is 77.8 Å². The van der Waals surface area contributed by atoms with Crippen molar-refractivity contribution >= 4 is 27.5 Å². The number of benzene rings is 2. The maximum atomic E-state index is 13.0. The first-order valence-electron chi connectivity index (χ1n) is 10.1. The predicted octanol–water partition coefficient (Wildman–Crippen LogP) is 3.34. The molecule has 2 N–H and O–H groups in total. The van der Waals surface area contributed by atoms with Gasteiger partial charge in [0.25, 0.3) is 0 Å². The van der Waals surface area contributed by atoms with E-state index in [4.69, 9.17) is 16.3 Å². The number of pyridine rings is 1. The molecule has 0 aliphatic heterocycles. The summed E-state index contributed by atoms with van der Waals surface area (Å²) >= 11 is 6.16. The summed E-state index contributed by atoms with van der Waals surface area (Å²) in [5.41, 5.74) is 1.48. The summed E-state index contributed by atoms with van der Waals surface area (Å²) in [5.74, 6) is -0.0674. The van der Waals surface area contributed by atoms with Gasteiger partial charge in [-0.1, -0.05) is 48.0 Å². The monoisotopic (exact) mass is 473 g/mol. The van der Waals surface area contributed by atoms with Crippen molar-refractivity contribution in [2.24, 2.45) is 0 Å². The zero-order valence-electron chi connectivity index (χ0n) is 17.5. The van der Waals surface area contributed by atoms with Crippen LogP contribution in [0.1, 0.15) is 18.2 Å². The molecule has 9 heteroatoms. The van der Waals surface area contributed by atoms with Crippen LogP contribution in [0.4, 0.5) is 0 Å². The van der Waals surface area contributed by atoms with Crippen LogP contribution >= 0.6 is 11.6 Å². The van der Waals surface area contributed by atoms with Gasteiger partial charge in [-0.2, -0.15) is 4.72 Å². The number of carbonyl (C=O) groups excluding carboxylic acids is 1. The SMILES string of the molecule is CCOc1ccc(S(=O)(=O)N[C@H](Cc2ccccc2)C(=O)NCc2ccccn2)cc1Cl. The van der Waals surface area contributed by atoms with E-state index in [1.165, 1.54) is 18.2 Å². The molecule has 0 fully saturated rings. The summed E-state index contributed by atoms with van der Waals surface area (Å²) < 4.78 is 33.9. The maximum Gasteiger partial charge on any atom is 0.241 e. The summed E-state index contributed by atoms with van der Waals surface area (Å²) in [4.78, 5) is 17.0. The molecule has 2 aromatic carbocycles. The minimum absolute atomic E-state index is 0.0541. The fourth-order valence-electron chi connectivity index (χ4n) is 3.02. The fraction of sp³-hybridized carbons (Fsp3) is 0.217. The number of ether oxygens (including phenoxy) is 1. The molecular formula is C23H24ClN3O4S. The highest BCUT2D eigenvalue weighted by molar-refractivity contribution is 7.89. The van der Waals surface area contributed by atoms with Gasteiger partial charge in [-0.05, 0) is 49.2 Å². The number of hydrogen-bond acceptors (Lipinski definition) is 5. The molecular weight excluding hydrogens is 450 g/mol. The molecule has 0 unspecified atom stereocenters. The third kappa shape index (κ3) is 6.53. The van der Waals surface area contributed by atoms with E-state index in [1.54, 1.807) is 25.3 Å². The highest BCUT2D eigenvalue weighted by Crippen LogP contribution is 2.27. The number of halogens is 1. The summed E-state index contributed by atoms with van der Waals surface area (Å²) in [5, 5.41) is 2.93. The van der Waals surface area contributed by atoms with E-state index in [1.807, 2.05) is 36.4 Å². The fourth-order valence-corrected chi connectivity index (χ4v) is 4.54. The molecule has 168 valence electrons. The zero-order chi connectivity index (χ0) is 23.0. The van der Waals surface area contributed by atoms with E-state index in [9.17, 15) is 13.2 Å². The Bertz CT molecular complexity index is 1140. The Hall–Kier alpha value is -2.94. The van der Waals surface area contributed by atoms with Crippen LogP contribution in [-0.2, 0) is 27.8 Å². The zero-order valence-corrected chi connectivity index (χ0v) is 19.1. The average molecular weight is 474 g/mol. The van der Waals surface area contributed by atoms with Crippen LogP contribution in [0, 0.1) is 0 Å². The first-order chi connectivity index (χ1) is 15.4. The summed E-state index contributed by atoms with van der Waals surface area (Å²) in [6.07, 6.45) is 1.81. The number of rotatable bonds is 10. The van der Waals surface area contributed by atoms with Crippen molar-refractivity contribution in [3.63, 3.8) is 0 Å². The molecule has 0 aliphatic rings. The molecule has 3 rings (SSSR count). The lowest BCUT2D eigenvalue weighted by Crippen LogP contribution is -2.47. The predicted molar refractivity (Wildman–Crippen MR) is 123 cm³/mol. The number of nitrogens with one attached hydrogen (secondary N) is 2. The van der Waals surface area contributed by atoms with E-state index in [0.29, 0.717) is 18.1 Å². The molecule has 32 heavy (non-hydrogen) atoms. The first kappa shape index (κ1) is 23.7. The van der Waals surface area contributed by atoms with Crippen LogP contribution in [0.25, 0.3) is 0 Å². The minimum Gasteiger partial charge on any atom is -0.492 e. The normalized spacial score (nSPS) is 12.2. The third-order valence-corrected chi connectivity index (χ3v) is 6.34. The van der Waals surface area contributed by atoms with E-state index in [-0.39, 0.29) is 22.9 Å². The van der Waals surface area contributed by atoms with Gasteiger partial charge >= 0.3 is 0 Å². The van der Waals surface area contributed by atoms with Gasteiger partial charge in [-0.3, -0.25) is 9.78 Å². The Balaban J connectivity index is 1.80. The van der Waals surface area contributed by atoms with Crippen LogP contribution in [0.3, 0.4) is 0 Å². The number of nitrogens with zero attached hydrogens (tertiary/aromatic N) is 1. The minimum atomic E-state index is -4.03. The van der Waals surface area contributed by atoms with Crippen molar-refractivity contribution in [2.45, 2.75) is 30.8 Å². The molecule has 0 saturated carbocycles. The summed E-state index contributed by atoms with van der Waals surface area (Å²) in [7, 11) is -4.03. The Morgan fingerprint density at radius 3 is 2.50 bits per heavy atom. The van der Waals surface area contributed by atoms with E-state index >= 15 is 0 Å². The molecule has 1 aromatic heterocycles. The van der Waals surface area contributed by atoms with Gasteiger partial charge in [0.15, 0.2) is 0 Å². The maximum absolute atomic E-state index is 13.0. The molecule has 3 aromatic rings. The highest BCUT2D eigenvalue weighted by atomic mass is 35.5. The largest absolute Gasteiger partial charge is 0.492 e. The lowest BCUT2D eigenvalue weighted by atomic mass is 10.1. The smallest absolute Gasteiger partial charge is 0.241 e. The molecule has 0 spiro atoms. The van der Waals surface area contributed by atoms with Gasteiger partial charge in [0.2, 0.25) is 15.9 Å². The molecule has 1 atom stereocenters. The lowest BCUT2D eigenvalue weighted by molar-refractivity contribution is -0.122. The van der Waals surface area contributed by atoms with Gasteiger partial charge in [0.1, 0.15) is 11.8 Å². The Kier molecular flexibility index (Phi) is 8.21. The van der Waals surface area contributed by atoms with Crippen molar-refractivity contribution in [3.05, 3.63) is 89.2 Å². The van der Waals surface area contributed by atoms with Crippen molar-refractivity contribution in [1.29, 1.82) is 0 Å². The number of carbonyl (C=O) groups is 1. The molecule has 0 saturated heterocycles. The highest BCUT2D eigenvalue weighted by Gasteiger charge is 2.26. The van der Waals surface area contributed by atoms with Crippen molar-refractivity contribution in [2.75, 3.05) is 6.61 Å². The second kappa shape index (κ2) is 11.1. The van der Waals surface area contributed by atoms with Gasteiger partial charge < -0.3 is 10.1 Å². The number of amides is 1. The first-order valence-corrected chi connectivity index (χ1v) is 11.9. The molecule has 7 nitrogen and oxygen atoms in total. The van der Waals surface area contributed by atoms with Crippen molar-refractivity contribution < 1.29 is 17.9 Å². The lowest BCUT2D eigenvalue weighted by Gasteiger charge is -2.19. The molecule has 1 heterocycles. The van der Waals surface area contributed by atoms with E-state index < -0.39 is 22.0 Å². The number of sulfonamides is 1. The topological polar surface area (TPSA) is 97.4 Å². The van der Waals surface area contributed by atoms with Crippen LogP contribution in [-0.4, -0.2) is 32.0 Å². The number of aromatic nitrogens is 1. The van der Waals surface area contributed by atoms with Crippen LogP contribution in [0.5, 0.6) is 5.75 Å². The second-order valence-corrected chi connectivity index (χ2v) is 9.05. The van der Waals surface area contributed by atoms with Gasteiger partial charge in [-0.25, -0.2) is 8.42 Å². The molecule has 0 radical (unpaired) electrons. The van der Waals surface area contributed by atoms with E-state index in [2.05, 4.69) is 15.0 Å². The van der Waals surface area contributed by atoms with Gasteiger partial charge in [0, 0.05) is 6.20 Å². The van der Waals surface area contributed by atoms with Crippen molar-refractivity contribution in [1.82, 2.24) is 15.0 Å². The quantitative estimate of drug-likeness (QED) is 0.470. The molecule has 0 bridgehead atoms. The van der Waals surface area contributed by atoms with E-state index in [0.717, 1.165) is 5.56 Å². The van der Waals surface area contributed by atoms with Gasteiger partial charge in [0.05, 0.1) is 28.8 Å². The van der Waals surface area contributed by atoms with Crippen LogP contribution < -0.4 is 14.8 Å². The van der Waals surface area contributed by atoms with Crippen molar-refractivity contribution in [3.8, 4) is 5.75 Å². The third-order valence-electron chi connectivity index (χ3n) is 4.58. The molecule has 0 aliphatic carbocycles. The average Bonchev–Trinajstić information content (AvgIpc) is 2.79. The summed E-state index contributed by atoms with van der Waals surface area (Å²) in [6.45, 7) is 2.39. The Labute approximate surface area is 192 Å². The number of hydrogen-bond donors (Lipinski definition) is 2. The van der Waals surface area contributed by atoms with Gasteiger partial charge in [-0.15, -0.1) is 0 Å².